The molecule has 4 aromatic rings. The molecule has 7 heteroatoms. The molecule has 0 bridgehead atoms. The fourth-order valence-electron chi connectivity index (χ4n) is 4.23. The summed E-state index contributed by atoms with van der Waals surface area (Å²) < 4.78 is 11.8. The van der Waals surface area contributed by atoms with Crippen molar-refractivity contribution in [3.8, 4) is 5.75 Å². The number of ether oxygens (including phenoxy) is 1. The molecule has 172 valence electrons. The van der Waals surface area contributed by atoms with Gasteiger partial charge in [-0.25, -0.2) is 4.98 Å². The number of rotatable bonds is 6. The van der Waals surface area contributed by atoms with Gasteiger partial charge in [0.1, 0.15) is 17.2 Å². The van der Waals surface area contributed by atoms with Crippen LogP contribution in [-0.4, -0.2) is 17.5 Å². The summed E-state index contributed by atoms with van der Waals surface area (Å²) in [6.45, 7) is 4.67. The minimum atomic E-state index is -0.693. The molecule has 2 aromatic heterocycles. The van der Waals surface area contributed by atoms with Gasteiger partial charge < -0.3 is 9.15 Å². The molecular weight excluding hydrogens is 452 g/mol. The largest absolute Gasteiger partial charge is 0.494 e. The molecule has 1 aliphatic rings. The first kappa shape index (κ1) is 22.2. The quantitative estimate of drug-likeness (QED) is 0.317. The van der Waals surface area contributed by atoms with Crippen molar-refractivity contribution >= 4 is 34.3 Å². The second kappa shape index (κ2) is 8.95. The van der Waals surface area contributed by atoms with Crippen molar-refractivity contribution in [2.75, 3.05) is 11.5 Å². The number of nitrogens with zero attached hydrogens (tertiary/aromatic N) is 2. The van der Waals surface area contributed by atoms with E-state index >= 15 is 0 Å². The first-order valence-electron chi connectivity index (χ1n) is 11.2. The van der Waals surface area contributed by atoms with Crippen LogP contribution >= 0.6 is 11.6 Å². The second-order valence-corrected chi connectivity index (χ2v) is 8.79. The highest BCUT2D eigenvalue weighted by Gasteiger charge is 2.44. The summed E-state index contributed by atoms with van der Waals surface area (Å²) in [6.07, 6.45) is 3.66. The highest BCUT2D eigenvalue weighted by Crippen LogP contribution is 2.41. The van der Waals surface area contributed by atoms with Crippen LogP contribution in [0.15, 0.2) is 70.0 Å². The number of halogens is 1. The summed E-state index contributed by atoms with van der Waals surface area (Å²) in [4.78, 5) is 33.2. The van der Waals surface area contributed by atoms with Crippen LogP contribution in [0.3, 0.4) is 0 Å². The molecule has 0 aliphatic carbocycles. The van der Waals surface area contributed by atoms with Gasteiger partial charge in [-0.1, -0.05) is 37.1 Å². The molecule has 6 nitrogen and oxygen atoms in total. The number of unbranched alkanes of at least 4 members (excludes halogenated alkanes) is 1. The average molecular weight is 475 g/mol. The molecule has 1 amide bonds. The van der Waals surface area contributed by atoms with Crippen molar-refractivity contribution in [3.05, 3.63) is 98.5 Å². The highest BCUT2D eigenvalue weighted by atomic mass is 35.5. The van der Waals surface area contributed by atoms with Crippen LogP contribution in [0.1, 0.15) is 53.1 Å². The lowest BCUT2D eigenvalue weighted by molar-refractivity contribution is 0.0970. The number of benzene rings is 2. The van der Waals surface area contributed by atoms with Gasteiger partial charge in [0.2, 0.25) is 5.76 Å². The van der Waals surface area contributed by atoms with E-state index in [9.17, 15) is 9.59 Å². The molecule has 1 atom stereocenters. The van der Waals surface area contributed by atoms with E-state index in [-0.39, 0.29) is 16.8 Å². The van der Waals surface area contributed by atoms with Crippen LogP contribution in [-0.2, 0) is 0 Å². The van der Waals surface area contributed by atoms with Crippen molar-refractivity contribution in [1.29, 1.82) is 0 Å². The lowest BCUT2D eigenvalue weighted by atomic mass is 9.98. The predicted molar refractivity (Wildman–Crippen MR) is 132 cm³/mol. The van der Waals surface area contributed by atoms with E-state index in [4.69, 9.17) is 20.8 Å². The molecule has 5 rings (SSSR count). The fourth-order valence-corrected chi connectivity index (χ4v) is 4.40. The Morgan fingerprint density at radius 2 is 1.88 bits per heavy atom. The number of amides is 1. The van der Waals surface area contributed by atoms with Crippen molar-refractivity contribution in [2.45, 2.75) is 32.7 Å². The van der Waals surface area contributed by atoms with E-state index in [1.54, 1.807) is 24.4 Å². The van der Waals surface area contributed by atoms with Gasteiger partial charge in [-0.3, -0.25) is 14.5 Å². The predicted octanol–water partition coefficient (Wildman–Crippen LogP) is 6.08. The minimum absolute atomic E-state index is 0.0244. The van der Waals surface area contributed by atoms with E-state index in [1.165, 1.54) is 4.90 Å². The third kappa shape index (κ3) is 3.84. The third-order valence-corrected chi connectivity index (χ3v) is 6.18. The van der Waals surface area contributed by atoms with Crippen molar-refractivity contribution in [2.24, 2.45) is 0 Å². The van der Waals surface area contributed by atoms with Crippen LogP contribution < -0.4 is 15.1 Å². The summed E-state index contributed by atoms with van der Waals surface area (Å²) in [7, 11) is 0. The maximum atomic E-state index is 13.6. The normalized spacial score (nSPS) is 15.1. The van der Waals surface area contributed by atoms with E-state index in [0.717, 1.165) is 29.7 Å². The van der Waals surface area contributed by atoms with Crippen LogP contribution in [0.4, 0.5) is 5.82 Å². The molecule has 0 N–H and O–H groups in total. The fraction of sp³-hybridized carbons (Fsp3) is 0.222. The average Bonchev–Trinajstić information content (AvgIpc) is 3.13. The molecule has 0 fully saturated rings. The zero-order chi connectivity index (χ0) is 23.8. The first-order chi connectivity index (χ1) is 16.5. The standard InChI is InChI=1S/C27H23ClN2O4/c1-3-4-13-33-19-8-5-17(6-9-19)24-23-25(31)20-15-18(28)7-10-21(20)34-26(23)27(32)30(24)22-14-16(2)11-12-29-22/h5-12,14-15,24H,3-4,13H2,1-2H3. The van der Waals surface area contributed by atoms with E-state index < -0.39 is 11.9 Å². The Bertz CT molecular complexity index is 1450. The number of carbonyl (C=O) groups is 1. The topological polar surface area (TPSA) is 72.6 Å². The molecule has 0 spiro atoms. The molecule has 0 radical (unpaired) electrons. The monoisotopic (exact) mass is 474 g/mol. The Balaban J connectivity index is 1.68. The first-order valence-corrected chi connectivity index (χ1v) is 11.6. The number of carbonyl (C=O) groups excluding carboxylic acids is 1. The van der Waals surface area contributed by atoms with Gasteiger partial charge in [-0.15, -0.1) is 0 Å². The number of pyridine rings is 1. The van der Waals surface area contributed by atoms with Gasteiger partial charge in [-0.05, 0) is 66.9 Å². The summed E-state index contributed by atoms with van der Waals surface area (Å²) in [5.74, 6) is 0.803. The van der Waals surface area contributed by atoms with Gasteiger partial charge in [0, 0.05) is 11.2 Å². The zero-order valence-electron chi connectivity index (χ0n) is 18.9. The van der Waals surface area contributed by atoms with Gasteiger partial charge in [0.15, 0.2) is 5.43 Å². The minimum Gasteiger partial charge on any atom is -0.494 e. The summed E-state index contributed by atoms with van der Waals surface area (Å²) in [6, 6.07) is 15.3. The van der Waals surface area contributed by atoms with Gasteiger partial charge >= 0.3 is 0 Å². The molecule has 2 aromatic carbocycles. The molecule has 0 saturated carbocycles. The van der Waals surface area contributed by atoms with E-state index in [2.05, 4.69) is 11.9 Å². The number of aryl methyl sites for hydroxylation is 1. The molecule has 0 saturated heterocycles. The molecular formula is C27H23ClN2O4. The SMILES string of the molecule is CCCCOc1ccc(C2c3c(oc4ccc(Cl)cc4c3=O)C(=O)N2c2cc(C)ccn2)cc1. The molecule has 3 heterocycles. The maximum absolute atomic E-state index is 13.6. The maximum Gasteiger partial charge on any atom is 0.296 e. The molecule has 34 heavy (non-hydrogen) atoms. The van der Waals surface area contributed by atoms with Crippen LogP contribution in [0.25, 0.3) is 11.0 Å². The summed E-state index contributed by atoms with van der Waals surface area (Å²) in [5.41, 5.74) is 2.02. The van der Waals surface area contributed by atoms with Crippen LogP contribution in [0.2, 0.25) is 5.02 Å². The smallest absolute Gasteiger partial charge is 0.296 e. The highest BCUT2D eigenvalue weighted by molar-refractivity contribution is 6.31. The summed E-state index contributed by atoms with van der Waals surface area (Å²) >= 11 is 6.15. The Kier molecular flexibility index (Phi) is 5.84. The zero-order valence-corrected chi connectivity index (χ0v) is 19.6. The van der Waals surface area contributed by atoms with Crippen molar-refractivity contribution in [3.63, 3.8) is 0 Å². The number of hydrogen-bond donors (Lipinski definition) is 0. The lowest BCUT2D eigenvalue weighted by Crippen LogP contribution is -2.30. The van der Waals surface area contributed by atoms with Crippen molar-refractivity contribution in [1.82, 2.24) is 4.98 Å². The molecule has 1 unspecified atom stereocenters. The Morgan fingerprint density at radius 3 is 2.62 bits per heavy atom. The number of anilines is 1. The number of hydrogen-bond acceptors (Lipinski definition) is 5. The van der Waals surface area contributed by atoms with E-state index in [1.807, 2.05) is 43.3 Å². The Hall–Kier alpha value is -3.64. The Morgan fingerprint density at radius 1 is 1.09 bits per heavy atom. The third-order valence-electron chi connectivity index (χ3n) is 5.94. The number of aromatic nitrogens is 1. The lowest BCUT2D eigenvalue weighted by Gasteiger charge is -2.24. The van der Waals surface area contributed by atoms with Crippen molar-refractivity contribution < 1.29 is 13.9 Å². The van der Waals surface area contributed by atoms with E-state index in [0.29, 0.717) is 28.4 Å². The van der Waals surface area contributed by atoms with Crippen LogP contribution in [0, 0.1) is 6.92 Å². The van der Waals surface area contributed by atoms with Gasteiger partial charge in [0.05, 0.1) is 23.6 Å². The second-order valence-electron chi connectivity index (χ2n) is 8.35. The van der Waals surface area contributed by atoms with Gasteiger partial charge in [0.25, 0.3) is 5.91 Å². The number of fused-ring (bicyclic) bond motifs is 2. The molecule has 1 aliphatic heterocycles. The van der Waals surface area contributed by atoms with Gasteiger partial charge in [-0.2, -0.15) is 0 Å². The summed E-state index contributed by atoms with van der Waals surface area (Å²) in [5, 5.41) is 0.758. The van der Waals surface area contributed by atoms with Crippen LogP contribution in [0.5, 0.6) is 5.75 Å². The Labute approximate surface area is 201 Å².